The predicted octanol–water partition coefficient (Wildman–Crippen LogP) is 1.83. The second-order valence-electron chi connectivity index (χ2n) is 2.40. The highest BCUT2D eigenvalue weighted by Crippen LogP contribution is 2.22. The summed E-state index contributed by atoms with van der Waals surface area (Å²) in [6.07, 6.45) is 1.68. The fourth-order valence-corrected chi connectivity index (χ4v) is 1.14. The Labute approximate surface area is 72.1 Å². The van der Waals surface area contributed by atoms with Gasteiger partial charge >= 0.3 is 0 Å². The molecule has 1 rings (SSSR count). The Balaban J connectivity index is 3.21. The number of methoxy groups -OCH3 is 1. The fraction of sp³-hybridized carbons (Fsp3) is 0.200. The van der Waals surface area contributed by atoms with E-state index >= 15 is 0 Å². The summed E-state index contributed by atoms with van der Waals surface area (Å²) in [6.45, 7) is 3.67. The molecule has 2 nitrogen and oxygen atoms in total. The zero-order chi connectivity index (χ0) is 8.97. The van der Waals surface area contributed by atoms with Crippen LogP contribution in [0.5, 0.6) is 5.75 Å². The van der Waals surface area contributed by atoms with E-state index < -0.39 is 0 Å². The van der Waals surface area contributed by atoms with Gasteiger partial charge in [0.2, 0.25) is 0 Å². The molecule has 0 saturated carbocycles. The first-order valence-electron chi connectivity index (χ1n) is 3.72. The smallest absolute Gasteiger partial charge is 0.126 e. The quantitative estimate of drug-likeness (QED) is 0.738. The van der Waals surface area contributed by atoms with E-state index in [0.29, 0.717) is 0 Å². The maximum atomic E-state index is 8.97. The van der Waals surface area contributed by atoms with Crippen LogP contribution in [-0.2, 0) is 6.61 Å². The molecule has 1 aromatic carbocycles. The highest BCUT2D eigenvalue weighted by Gasteiger charge is 2.03. The second kappa shape index (κ2) is 3.93. The monoisotopic (exact) mass is 164 g/mol. The van der Waals surface area contributed by atoms with Crippen molar-refractivity contribution < 1.29 is 9.84 Å². The molecule has 0 radical (unpaired) electrons. The lowest BCUT2D eigenvalue weighted by atomic mass is 10.1. The van der Waals surface area contributed by atoms with Gasteiger partial charge in [-0.15, -0.1) is 0 Å². The van der Waals surface area contributed by atoms with Crippen molar-refractivity contribution in [2.75, 3.05) is 7.11 Å². The van der Waals surface area contributed by atoms with Crippen LogP contribution in [-0.4, -0.2) is 12.2 Å². The third-order valence-electron chi connectivity index (χ3n) is 1.75. The summed E-state index contributed by atoms with van der Waals surface area (Å²) in [6, 6.07) is 5.53. The molecular formula is C10H12O2. The van der Waals surface area contributed by atoms with E-state index in [9.17, 15) is 0 Å². The van der Waals surface area contributed by atoms with Crippen LogP contribution in [0.1, 0.15) is 11.1 Å². The van der Waals surface area contributed by atoms with Gasteiger partial charge in [0.1, 0.15) is 5.75 Å². The topological polar surface area (TPSA) is 29.5 Å². The average Bonchev–Trinajstić information content (AvgIpc) is 2.16. The van der Waals surface area contributed by atoms with Crippen molar-refractivity contribution >= 4 is 6.08 Å². The van der Waals surface area contributed by atoms with Gasteiger partial charge in [-0.2, -0.15) is 0 Å². The molecule has 12 heavy (non-hydrogen) atoms. The summed E-state index contributed by atoms with van der Waals surface area (Å²) in [4.78, 5) is 0. The molecule has 1 aromatic rings. The summed E-state index contributed by atoms with van der Waals surface area (Å²) >= 11 is 0. The van der Waals surface area contributed by atoms with Crippen LogP contribution >= 0.6 is 0 Å². The Hall–Kier alpha value is -1.28. The molecule has 0 amide bonds. The molecule has 0 atom stereocenters. The van der Waals surface area contributed by atoms with E-state index in [1.54, 1.807) is 13.2 Å². The third kappa shape index (κ3) is 1.48. The van der Waals surface area contributed by atoms with Crippen LogP contribution in [0.4, 0.5) is 0 Å². The van der Waals surface area contributed by atoms with Gasteiger partial charge < -0.3 is 9.84 Å². The van der Waals surface area contributed by atoms with Crippen LogP contribution < -0.4 is 4.74 Å². The minimum Gasteiger partial charge on any atom is -0.496 e. The molecule has 0 bridgehead atoms. The second-order valence-corrected chi connectivity index (χ2v) is 2.40. The van der Waals surface area contributed by atoms with Gasteiger partial charge in [-0.25, -0.2) is 0 Å². The third-order valence-corrected chi connectivity index (χ3v) is 1.75. The molecule has 1 N–H and O–H groups in total. The number of aliphatic hydroxyl groups is 1. The van der Waals surface area contributed by atoms with Gasteiger partial charge in [-0.3, -0.25) is 0 Å². The van der Waals surface area contributed by atoms with E-state index in [2.05, 4.69) is 6.58 Å². The first-order chi connectivity index (χ1) is 5.83. The van der Waals surface area contributed by atoms with Crippen molar-refractivity contribution in [3.8, 4) is 5.75 Å². The van der Waals surface area contributed by atoms with Gasteiger partial charge in [0.05, 0.1) is 13.7 Å². The molecule has 0 heterocycles. The number of benzene rings is 1. The molecule has 64 valence electrons. The number of rotatable bonds is 3. The van der Waals surface area contributed by atoms with Gasteiger partial charge in [0.15, 0.2) is 0 Å². The molecule has 2 heteroatoms. The highest BCUT2D eigenvalue weighted by atomic mass is 16.5. The fourth-order valence-electron chi connectivity index (χ4n) is 1.14. The lowest BCUT2D eigenvalue weighted by molar-refractivity contribution is 0.280. The van der Waals surface area contributed by atoms with Gasteiger partial charge in [-0.1, -0.05) is 24.8 Å². The van der Waals surface area contributed by atoms with Crippen LogP contribution in [0.15, 0.2) is 24.8 Å². The molecule has 0 aliphatic carbocycles. The van der Waals surface area contributed by atoms with E-state index in [1.807, 2.05) is 18.2 Å². The number of hydrogen-bond acceptors (Lipinski definition) is 2. The molecule has 0 spiro atoms. The minimum atomic E-state index is 0.0125. The first kappa shape index (κ1) is 8.81. The summed E-state index contributed by atoms with van der Waals surface area (Å²) in [5.41, 5.74) is 1.70. The Bertz CT molecular complexity index is 257. The van der Waals surface area contributed by atoms with Crippen molar-refractivity contribution in [2.24, 2.45) is 0 Å². The highest BCUT2D eigenvalue weighted by molar-refractivity contribution is 5.59. The Morgan fingerprint density at radius 2 is 2.33 bits per heavy atom. The molecule has 0 saturated heterocycles. The molecule has 0 aliphatic rings. The van der Waals surface area contributed by atoms with E-state index in [-0.39, 0.29) is 6.61 Å². The van der Waals surface area contributed by atoms with Crippen LogP contribution in [0.2, 0.25) is 0 Å². The molecule has 0 unspecified atom stereocenters. The van der Waals surface area contributed by atoms with Crippen molar-refractivity contribution in [3.05, 3.63) is 35.9 Å². The summed E-state index contributed by atoms with van der Waals surface area (Å²) in [5, 5.41) is 8.97. The standard InChI is InChI=1S/C10H12O2/c1-3-9-8(7-11)5-4-6-10(9)12-2/h3-6,11H,1,7H2,2H3. The van der Waals surface area contributed by atoms with E-state index in [1.165, 1.54) is 0 Å². The summed E-state index contributed by atoms with van der Waals surface area (Å²) < 4.78 is 5.10. The van der Waals surface area contributed by atoms with Crippen LogP contribution in [0.3, 0.4) is 0 Å². The maximum Gasteiger partial charge on any atom is 0.126 e. The van der Waals surface area contributed by atoms with Crippen molar-refractivity contribution in [1.29, 1.82) is 0 Å². The first-order valence-corrected chi connectivity index (χ1v) is 3.72. The Morgan fingerprint density at radius 3 is 2.83 bits per heavy atom. The Kier molecular flexibility index (Phi) is 2.88. The molecule has 0 aromatic heterocycles. The predicted molar refractivity (Wildman–Crippen MR) is 49.0 cm³/mol. The lowest BCUT2D eigenvalue weighted by Crippen LogP contribution is -1.92. The summed E-state index contributed by atoms with van der Waals surface area (Å²) in [5.74, 6) is 0.747. The van der Waals surface area contributed by atoms with Crippen molar-refractivity contribution in [3.63, 3.8) is 0 Å². The zero-order valence-electron chi connectivity index (χ0n) is 7.08. The molecule has 0 fully saturated rings. The van der Waals surface area contributed by atoms with Crippen LogP contribution in [0, 0.1) is 0 Å². The summed E-state index contributed by atoms with van der Waals surface area (Å²) in [7, 11) is 1.60. The van der Waals surface area contributed by atoms with Gasteiger partial charge in [0.25, 0.3) is 0 Å². The number of hydrogen-bond donors (Lipinski definition) is 1. The largest absolute Gasteiger partial charge is 0.496 e. The molecular weight excluding hydrogens is 152 g/mol. The zero-order valence-corrected chi connectivity index (χ0v) is 7.08. The maximum absolute atomic E-state index is 8.97. The Morgan fingerprint density at radius 1 is 1.58 bits per heavy atom. The van der Waals surface area contributed by atoms with Gasteiger partial charge in [-0.05, 0) is 11.6 Å². The van der Waals surface area contributed by atoms with E-state index in [0.717, 1.165) is 16.9 Å². The van der Waals surface area contributed by atoms with Crippen LogP contribution in [0.25, 0.3) is 6.08 Å². The number of aliphatic hydroxyl groups excluding tert-OH is 1. The number of ether oxygens (including phenoxy) is 1. The lowest BCUT2D eigenvalue weighted by Gasteiger charge is -2.07. The molecule has 0 aliphatic heterocycles. The van der Waals surface area contributed by atoms with Gasteiger partial charge in [0, 0.05) is 5.56 Å². The van der Waals surface area contributed by atoms with Crippen molar-refractivity contribution in [2.45, 2.75) is 6.61 Å². The normalized spacial score (nSPS) is 9.50. The van der Waals surface area contributed by atoms with Crippen molar-refractivity contribution in [1.82, 2.24) is 0 Å². The minimum absolute atomic E-state index is 0.0125. The SMILES string of the molecule is C=Cc1c(CO)cccc1OC. The average molecular weight is 164 g/mol. The van der Waals surface area contributed by atoms with E-state index in [4.69, 9.17) is 9.84 Å².